The first-order valence-corrected chi connectivity index (χ1v) is 8.40. The number of furan rings is 1. The van der Waals surface area contributed by atoms with Crippen LogP contribution < -0.4 is 0 Å². The molecule has 1 aliphatic rings. The zero-order chi connectivity index (χ0) is 17.8. The Hall–Kier alpha value is -2.63. The van der Waals surface area contributed by atoms with Gasteiger partial charge >= 0.3 is 5.97 Å². The molecule has 1 N–H and O–H groups in total. The molecule has 0 saturated carbocycles. The Morgan fingerprint density at radius 3 is 2.68 bits per heavy atom. The van der Waals surface area contributed by atoms with Crippen molar-refractivity contribution in [2.75, 3.05) is 13.1 Å². The molecule has 1 amide bonds. The van der Waals surface area contributed by atoms with Crippen molar-refractivity contribution in [1.82, 2.24) is 4.90 Å². The summed E-state index contributed by atoms with van der Waals surface area (Å²) in [5, 5.41) is 8.81. The highest BCUT2D eigenvalue weighted by Crippen LogP contribution is 2.26. The van der Waals surface area contributed by atoms with Crippen LogP contribution >= 0.6 is 0 Å². The topological polar surface area (TPSA) is 70.8 Å². The van der Waals surface area contributed by atoms with E-state index in [0.29, 0.717) is 30.8 Å². The molecule has 132 valence electrons. The maximum atomic E-state index is 13.0. The minimum atomic E-state index is -0.807. The molecule has 2 heterocycles. The van der Waals surface area contributed by atoms with Gasteiger partial charge in [0.1, 0.15) is 11.6 Å². The van der Waals surface area contributed by atoms with Crippen molar-refractivity contribution in [3.63, 3.8) is 0 Å². The van der Waals surface area contributed by atoms with Crippen LogP contribution in [0.5, 0.6) is 0 Å². The van der Waals surface area contributed by atoms with E-state index in [2.05, 4.69) is 0 Å². The Bertz CT molecular complexity index is 753. The highest BCUT2D eigenvalue weighted by Gasteiger charge is 2.26. The van der Waals surface area contributed by atoms with E-state index < -0.39 is 5.97 Å². The second kappa shape index (κ2) is 7.51. The average Bonchev–Trinajstić information content (AvgIpc) is 3.10. The molecule has 1 atom stereocenters. The molecule has 0 spiro atoms. The van der Waals surface area contributed by atoms with Gasteiger partial charge in [-0.1, -0.05) is 0 Å². The summed E-state index contributed by atoms with van der Waals surface area (Å²) in [7, 11) is 0. The Morgan fingerprint density at radius 2 is 1.96 bits per heavy atom. The molecule has 3 rings (SSSR count). The molecular weight excluding hydrogens is 325 g/mol. The number of likely N-dealkylation sites (tertiary alicyclic amines) is 1. The molecule has 0 bridgehead atoms. The number of carboxylic acids is 1. The summed E-state index contributed by atoms with van der Waals surface area (Å²) >= 11 is 0. The third-order valence-corrected chi connectivity index (χ3v) is 4.52. The van der Waals surface area contributed by atoms with Crippen molar-refractivity contribution < 1.29 is 23.5 Å². The second-order valence-electron chi connectivity index (χ2n) is 6.36. The second-order valence-corrected chi connectivity index (χ2v) is 6.36. The van der Waals surface area contributed by atoms with Crippen LogP contribution in [-0.4, -0.2) is 35.0 Å². The highest BCUT2D eigenvalue weighted by atomic mass is 19.1. The van der Waals surface area contributed by atoms with Gasteiger partial charge < -0.3 is 14.4 Å². The van der Waals surface area contributed by atoms with E-state index >= 15 is 0 Å². The number of carbonyl (C=O) groups is 2. The molecule has 25 heavy (non-hydrogen) atoms. The van der Waals surface area contributed by atoms with E-state index in [1.54, 1.807) is 29.2 Å². The molecule has 0 radical (unpaired) electrons. The Labute approximate surface area is 145 Å². The molecule has 6 heteroatoms. The van der Waals surface area contributed by atoms with Crippen LogP contribution in [0.25, 0.3) is 11.3 Å². The number of halogens is 1. The van der Waals surface area contributed by atoms with E-state index in [4.69, 9.17) is 9.52 Å². The number of piperidine rings is 1. The molecule has 1 saturated heterocycles. The number of nitrogens with zero attached hydrogens (tertiary/aromatic N) is 1. The quantitative estimate of drug-likeness (QED) is 0.895. The van der Waals surface area contributed by atoms with E-state index in [1.807, 2.05) is 0 Å². The van der Waals surface area contributed by atoms with Gasteiger partial charge in [0, 0.05) is 25.1 Å². The van der Waals surface area contributed by atoms with Crippen molar-refractivity contribution in [2.45, 2.75) is 25.7 Å². The smallest absolute Gasteiger partial charge is 0.303 e. The third-order valence-electron chi connectivity index (χ3n) is 4.52. The Morgan fingerprint density at radius 1 is 1.20 bits per heavy atom. The van der Waals surface area contributed by atoms with Gasteiger partial charge in [0.2, 0.25) is 0 Å². The fraction of sp³-hybridized carbons (Fsp3) is 0.368. The summed E-state index contributed by atoms with van der Waals surface area (Å²) in [6.45, 7) is 1.20. The van der Waals surface area contributed by atoms with E-state index in [-0.39, 0.29) is 29.8 Å². The lowest BCUT2D eigenvalue weighted by atomic mass is 9.93. The van der Waals surface area contributed by atoms with E-state index in [1.165, 1.54) is 12.1 Å². The number of amides is 1. The van der Waals surface area contributed by atoms with Gasteiger partial charge in [0.25, 0.3) is 5.91 Å². The summed E-state index contributed by atoms with van der Waals surface area (Å²) in [4.78, 5) is 25.1. The molecule has 1 aromatic carbocycles. The van der Waals surface area contributed by atoms with Crippen LogP contribution in [0.1, 0.15) is 36.2 Å². The third kappa shape index (κ3) is 4.26. The van der Waals surface area contributed by atoms with Crippen molar-refractivity contribution in [2.24, 2.45) is 5.92 Å². The van der Waals surface area contributed by atoms with Crippen LogP contribution in [0.15, 0.2) is 40.8 Å². The van der Waals surface area contributed by atoms with Crippen molar-refractivity contribution in [1.29, 1.82) is 0 Å². The number of benzene rings is 1. The Balaban J connectivity index is 1.66. The van der Waals surface area contributed by atoms with E-state index in [9.17, 15) is 14.0 Å². The number of carbonyl (C=O) groups excluding carboxylic acids is 1. The first-order valence-electron chi connectivity index (χ1n) is 8.40. The predicted octanol–water partition coefficient (Wildman–Crippen LogP) is 3.80. The maximum Gasteiger partial charge on any atom is 0.303 e. The lowest BCUT2D eigenvalue weighted by Gasteiger charge is -2.32. The molecular formula is C19H20FNO4. The van der Waals surface area contributed by atoms with Crippen LogP contribution in [0.4, 0.5) is 4.39 Å². The van der Waals surface area contributed by atoms with Crippen LogP contribution in [0, 0.1) is 11.7 Å². The zero-order valence-corrected chi connectivity index (χ0v) is 13.8. The molecule has 1 aromatic heterocycles. The summed E-state index contributed by atoms with van der Waals surface area (Å²) in [5.41, 5.74) is 0.707. The first-order chi connectivity index (χ1) is 12.0. The number of carboxylic acid groups (broad SMARTS) is 1. The van der Waals surface area contributed by atoms with Gasteiger partial charge in [-0.3, -0.25) is 9.59 Å². The average molecular weight is 345 g/mol. The minimum Gasteiger partial charge on any atom is -0.481 e. The largest absolute Gasteiger partial charge is 0.481 e. The highest BCUT2D eigenvalue weighted by molar-refractivity contribution is 5.92. The molecule has 0 aliphatic carbocycles. The molecule has 1 unspecified atom stereocenters. The van der Waals surface area contributed by atoms with Crippen molar-refractivity contribution in [3.05, 3.63) is 48.0 Å². The zero-order valence-electron chi connectivity index (χ0n) is 13.8. The standard InChI is InChI=1S/C19H20FNO4/c20-15-6-4-14(5-7-15)16-8-9-17(25-16)19(24)21-11-1-2-13(12-21)3-10-18(22)23/h4-9,13H,1-3,10-12H2,(H,22,23). The molecule has 5 nitrogen and oxygen atoms in total. The van der Waals surface area contributed by atoms with Crippen molar-refractivity contribution in [3.8, 4) is 11.3 Å². The molecule has 1 aliphatic heterocycles. The van der Waals surface area contributed by atoms with Gasteiger partial charge in [-0.2, -0.15) is 0 Å². The fourth-order valence-corrected chi connectivity index (χ4v) is 3.19. The van der Waals surface area contributed by atoms with Gasteiger partial charge in [0.15, 0.2) is 5.76 Å². The SMILES string of the molecule is O=C(O)CCC1CCCN(C(=O)c2ccc(-c3ccc(F)cc3)o2)C1. The van der Waals surface area contributed by atoms with Gasteiger partial charge in [-0.05, 0) is 61.6 Å². The number of aliphatic carboxylic acids is 1. The number of hydrogen-bond acceptors (Lipinski definition) is 3. The minimum absolute atomic E-state index is 0.127. The van der Waals surface area contributed by atoms with Crippen LogP contribution in [0.3, 0.4) is 0 Å². The molecule has 2 aromatic rings. The first kappa shape index (κ1) is 17.2. The van der Waals surface area contributed by atoms with Crippen LogP contribution in [-0.2, 0) is 4.79 Å². The normalized spacial score (nSPS) is 17.5. The maximum absolute atomic E-state index is 13.0. The predicted molar refractivity (Wildman–Crippen MR) is 89.6 cm³/mol. The fourth-order valence-electron chi connectivity index (χ4n) is 3.19. The van der Waals surface area contributed by atoms with Crippen molar-refractivity contribution >= 4 is 11.9 Å². The number of rotatable bonds is 5. The lowest BCUT2D eigenvalue weighted by Crippen LogP contribution is -2.39. The molecule has 1 fully saturated rings. The van der Waals surface area contributed by atoms with Gasteiger partial charge in [-0.15, -0.1) is 0 Å². The van der Waals surface area contributed by atoms with Gasteiger partial charge in [-0.25, -0.2) is 4.39 Å². The summed E-state index contributed by atoms with van der Waals surface area (Å²) in [6, 6.07) is 9.22. The Kier molecular flexibility index (Phi) is 5.16. The number of hydrogen-bond donors (Lipinski definition) is 1. The summed E-state index contributed by atoms with van der Waals surface area (Å²) in [5.74, 6) is -0.347. The summed E-state index contributed by atoms with van der Waals surface area (Å²) in [6.07, 6.45) is 2.51. The summed E-state index contributed by atoms with van der Waals surface area (Å²) < 4.78 is 18.7. The van der Waals surface area contributed by atoms with Gasteiger partial charge in [0.05, 0.1) is 0 Å². The van der Waals surface area contributed by atoms with Crippen LogP contribution in [0.2, 0.25) is 0 Å². The van der Waals surface area contributed by atoms with E-state index in [0.717, 1.165) is 12.8 Å². The monoisotopic (exact) mass is 345 g/mol. The lowest BCUT2D eigenvalue weighted by molar-refractivity contribution is -0.137.